The molecule has 94 valence electrons. The van der Waals surface area contributed by atoms with Crippen molar-refractivity contribution in [3.63, 3.8) is 0 Å². The molecule has 0 fully saturated rings. The van der Waals surface area contributed by atoms with E-state index < -0.39 is 0 Å². The molecule has 0 aliphatic rings. The number of nitrogens with one attached hydrogen (secondary N) is 1. The van der Waals surface area contributed by atoms with Crippen molar-refractivity contribution in [1.29, 1.82) is 0 Å². The quantitative estimate of drug-likeness (QED) is 0.905. The van der Waals surface area contributed by atoms with Gasteiger partial charge in [-0.2, -0.15) is 0 Å². The van der Waals surface area contributed by atoms with Gasteiger partial charge in [-0.25, -0.2) is 0 Å². The molecule has 0 radical (unpaired) electrons. The lowest BCUT2D eigenvalue weighted by Gasteiger charge is -2.10. The second-order valence-corrected chi connectivity index (χ2v) is 4.50. The summed E-state index contributed by atoms with van der Waals surface area (Å²) in [5.74, 6) is 0.905. The van der Waals surface area contributed by atoms with Crippen LogP contribution in [-0.4, -0.2) is 14.2 Å². The summed E-state index contributed by atoms with van der Waals surface area (Å²) in [6, 6.07) is 14.0. The molecule has 0 amide bonds. The van der Waals surface area contributed by atoms with Gasteiger partial charge < -0.3 is 10.1 Å². The first-order valence-electron chi connectivity index (χ1n) is 5.82. The summed E-state index contributed by atoms with van der Waals surface area (Å²) in [6.07, 6.45) is 0. The Bertz CT molecular complexity index is 523. The molecule has 0 atom stereocenters. The molecule has 0 saturated carbocycles. The van der Waals surface area contributed by atoms with E-state index in [-0.39, 0.29) is 0 Å². The van der Waals surface area contributed by atoms with Gasteiger partial charge in [0.15, 0.2) is 0 Å². The van der Waals surface area contributed by atoms with Crippen LogP contribution in [0.1, 0.15) is 5.56 Å². The Kier molecular flexibility index (Phi) is 4.24. The predicted octanol–water partition coefficient (Wildman–Crippen LogP) is 3.74. The normalized spacial score (nSPS) is 10.4. The first kappa shape index (κ1) is 12.9. The molecule has 2 aromatic rings. The lowest BCUT2D eigenvalue weighted by molar-refractivity contribution is 0.408. The van der Waals surface area contributed by atoms with Crippen molar-refractivity contribution in [3.8, 4) is 16.9 Å². The van der Waals surface area contributed by atoms with Crippen LogP contribution in [0.15, 0.2) is 42.5 Å². The maximum atomic E-state index is 5.90. The summed E-state index contributed by atoms with van der Waals surface area (Å²) < 4.78 is 5.35. The number of benzene rings is 2. The molecule has 0 aliphatic heterocycles. The SMILES string of the molecule is CNCc1cc(-c2ccc(Cl)cc2)ccc1OC. The highest BCUT2D eigenvalue weighted by Gasteiger charge is 2.05. The molecule has 1 N–H and O–H groups in total. The fourth-order valence-electron chi connectivity index (χ4n) is 1.93. The minimum atomic E-state index is 0.753. The molecule has 18 heavy (non-hydrogen) atoms. The largest absolute Gasteiger partial charge is 0.496 e. The van der Waals surface area contributed by atoms with Gasteiger partial charge in [-0.3, -0.25) is 0 Å². The van der Waals surface area contributed by atoms with Crippen LogP contribution in [0, 0.1) is 0 Å². The zero-order valence-corrected chi connectivity index (χ0v) is 11.3. The highest BCUT2D eigenvalue weighted by molar-refractivity contribution is 6.30. The number of ether oxygens (including phenoxy) is 1. The van der Waals surface area contributed by atoms with Gasteiger partial charge in [0.2, 0.25) is 0 Å². The summed E-state index contributed by atoms with van der Waals surface area (Å²) in [5, 5.41) is 3.90. The van der Waals surface area contributed by atoms with E-state index in [1.54, 1.807) is 7.11 Å². The van der Waals surface area contributed by atoms with Crippen LogP contribution < -0.4 is 10.1 Å². The minimum Gasteiger partial charge on any atom is -0.496 e. The molecule has 2 nitrogen and oxygen atoms in total. The Labute approximate surface area is 113 Å². The molecule has 0 bridgehead atoms. The molecule has 0 aromatic heterocycles. The minimum absolute atomic E-state index is 0.753. The molecular formula is C15H16ClNO. The van der Waals surface area contributed by atoms with Gasteiger partial charge in [0, 0.05) is 17.1 Å². The number of halogens is 1. The van der Waals surface area contributed by atoms with E-state index in [0.717, 1.165) is 34.0 Å². The lowest BCUT2D eigenvalue weighted by atomic mass is 10.0. The zero-order chi connectivity index (χ0) is 13.0. The fourth-order valence-corrected chi connectivity index (χ4v) is 2.06. The number of hydrogen-bond donors (Lipinski definition) is 1. The Hall–Kier alpha value is -1.51. The van der Waals surface area contributed by atoms with Crippen LogP contribution in [0.2, 0.25) is 5.02 Å². The standard InChI is InChI=1S/C15H16ClNO/c1-17-10-13-9-12(5-8-15(13)18-2)11-3-6-14(16)7-4-11/h3-9,17H,10H2,1-2H3. The van der Waals surface area contributed by atoms with E-state index >= 15 is 0 Å². The van der Waals surface area contributed by atoms with Gasteiger partial charge in [0.1, 0.15) is 5.75 Å². The third-order valence-electron chi connectivity index (χ3n) is 2.83. The van der Waals surface area contributed by atoms with Gasteiger partial charge in [0.25, 0.3) is 0 Å². The molecule has 2 aromatic carbocycles. The second kappa shape index (κ2) is 5.89. The van der Waals surface area contributed by atoms with Crippen molar-refractivity contribution >= 4 is 11.6 Å². The third-order valence-corrected chi connectivity index (χ3v) is 3.08. The van der Waals surface area contributed by atoms with Gasteiger partial charge in [-0.15, -0.1) is 0 Å². The Balaban J connectivity index is 2.39. The van der Waals surface area contributed by atoms with Crippen LogP contribution in [0.4, 0.5) is 0 Å². The Morgan fingerprint density at radius 1 is 1.06 bits per heavy atom. The van der Waals surface area contributed by atoms with Gasteiger partial charge in [-0.1, -0.05) is 29.8 Å². The van der Waals surface area contributed by atoms with E-state index in [2.05, 4.69) is 17.4 Å². The van der Waals surface area contributed by atoms with Gasteiger partial charge in [0.05, 0.1) is 7.11 Å². The van der Waals surface area contributed by atoms with Crippen molar-refractivity contribution in [1.82, 2.24) is 5.32 Å². The van der Waals surface area contributed by atoms with E-state index in [1.807, 2.05) is 37.4 Å². The summed E-state index contributed by atoms with van der Waals surface area (Å²) in [5.41, 5.74) is 3.46. The first-order chi connectivity index (χ1) is 8.74. The number of hydrogen-bond acceptors (Lipinski definition) is 2. The number of methoxy groups -OCH3 is 1. The zero-order valence-electron chi connectivity index (χ0n) is 10.5. The maximum absolute atomic E-state index is 5.90. The van der Waals surface area contributed by atoms with Crippen molar-refractivity contribution in [2.45, 2.75) is 6.54 Å². The number of rotatable bonds is 4. The average molecular weight is 262 g/mol. The molecule has 0 spiro atoms. The first-order valence-corrected chi connectivity index (χ1v) is 6.20. The van der Waals surface area contributed by atoms with E-state index in [0.29, 0.717) is 0 Å². The van der Waals surface area contributed by atoms with Gasteiger partial charge >= 0.3 is 0 Å². The van der Waals surface area contributed by atoms with Crippen LogP contribution in [0.25, 0.3) is 11.1 Å². The smallest absolute Gasteiger partial charge is 0.123 e. The van der Waals surface area contributed by atoms with Crippen LogP contribution in [-0.2, 0) is 6.54 Å². The molecule has 0 aliphatic carbocycles. The van der Waals surface area contributed by atoms with Crippen molar-refractivity contribution in [3.05, 3.63) is 53.1 Å². The van der Waals surface area contributed by atoms with Crippen LogP contribution in [0.3, 0.4) is 0 Å². The van der Waals surface area contributed by atoms with Crippen molar-refractivity contribution in [2.24, 2.45) is 0 Å². The summed E-state index contributed by atoms with van der Waals surface area (Å²) in [7, 11) is 3.62. The summed E-state index contributed by atoms with van der Waals surface area (Å²) in [4.78, 5) is 0. The third kappa shape index (κ3) is 2.84. The highest BCUT2D eigenvalue weighted by Crippen LogP contribution is 2.27. The lowest BCUT2D eigenvalue weighted by Crippen LogP contribution is -2.06. The van der Waals surface area contributed by atoms with Crippen molar-refractivity contribution in [2.75, 3.05) is 14.2 Å². The molecule has 0 saturated heterocycles. The molecule has 0 unspecified atom stereocenters. The molecular weight excluding hydrogens is 246 g/mol. The highest BCUT2D eigenvalue weighted by atomic mass is 35.5. The predicted molar refractivity (Wildman–Crippen MR) is 76.2 cm³/mol. The average Bonchev–Trinajstić information content (AvgIpc) is 2.40. The van der Waals surface area contributed by atoms with E-state index in [1.165, 1.54) is 0 Å². The van der Waals surface area contributed by atoms with Crippen LogP contribution >= 0.6 is 11.6 Å². The van der Waals surface area contributed by atoms with Gasteiger partial charge in [-0.05, 0) is 42.4 Å². The van der Waals surface area contributed by atoms with E-state index in [9.17, 15) is 0 Å². The molecule has 2 rings (SSSR count). The Morgan fingerprint density at radius 2 is 1.72 bits per heavy atom. The van der Waals surface area contributed by atoms with Crippen LogP contribution in [0.5, 0.6) is 5.75 Å². The summed E-state index contributed by atoms with van der Waals surface area (Å²) >= 11 is 5.90. The maximum Gasteiger partial charge on any atom is 0.123 e. The molecule has 0 heterocycles. The fraction of sp³-hybridized carbons (Fsp3) is 0.200. The monoisotopic (exact) mass is 261 g/mol. The van der Waals surface area contributed by atoms with E-state index in [4.69, 9.17) is 16.3 Å². The summed E-state index contributed by atoms with van der Waals surface area (Å²) in [6.45, 7) is 0.782. The topological polar surface area (TPSA) is 21.3 Å². The van der Waals surface area contributed by atoms with Crippen molar-refractivity contribution < 1.29 is 4.74 Å². The molecule has 3 heteroatoms. The Morgan fingerprint density at radius 3 is 2.33 bits per heavy atom. The second-order valence-electron chi connectivity index (χ2n) is 4.06.